The first-order valence-corrected chi connectivity index (χ1v) is 8.59. The molecule has 0 radical (unpaired) electrons. The minimum absolute atomic E-state index is 0.132. The van der Waals surface area contributed by atoms with Gasteiger partial charge in [0.1, 0.15) is 5.41 Å². The van der Waals surface area contributed by atoms with Crippen LogP contribution in [0.1, 0.15) is 57.8 Å². The van der Waals surface area contributed by atoms with E-state index >= 15 is 0 Å². The number of likely N-dealkylation sites (tertiary alicyclic amines) is 1. The zero-order chi connectivity index (χ0) is 14.9. The van der Waals surface area contributed by atoms with Gasteiger partial charge in [-0.2, -0.15) is 5.26 Å². The van der Waals surface area contributed by atoms with Crippen molar-refractivity contribution in [3.05, 3.63) is 0 Å². The number of nitriles is 1. The Hall–Kier alpha value is -1.08. The SMILES string of the molecule is CN1C2CCC1CN(C(=O)C1(C#N)CCCCCC1)CC2. The first-order valence-electron chi connectivity index (χ1n) is 8.59. The Morgan fingerprint density at radius 2 is 1.76 bits per heavy atom. The predicted octanol–water partition coefficient (Wildman–Crippen LogP) is 2.55. The summed E-state index contributed by atoms with van der Waals surface area (Å²) in [6.07, 6.45) is 9.47. The molecule has 3 fully saturated rings. The van der Waals surface area contributed by atoms with E-state index < -0.39 is 5.41 Å². The van der Waals surface area contributed by atoms with Crippen LogP contribution < -0.4 is 0 Å². The van der Waals surface area contributed by atoms with E-state index in [1.165, 1.54) is 25.7 Å². The molecule has 0 aromatic carbocycles. The van der Waals surface area contributed by atoms with Gasteiger partial charge in [0.05, 0.1) is 6.07 Å². The highest BCUT2D eigenvalue weighted by Gasteiger charge is 2.44. The summed E-state index contributed by atoms with van der Waals surface area (Å²) in [7, 11) is 2.20. The molecule has 3 rings (SSSR count). The summed E-state index contributed by atoms with van der Waals surface area (Å²) in [5.74, 6) is 0.132. The van der Waals surface area contributed by atoms with Crippen molar-refractivity contribution in [3.8, 4) is 6.07 Å². The van der Waals surface area contributed by atoms with Gasteiger partial charge in [-0.25, -0.2) is 0 Å². The quantitative estimate of drug-likeness (QED) is 0.697. The smallest absolute Gasteiger partial charge is 0.243 e. The molecular formula is C17H27N3O. The van der Waals surface area contributed by atoms with Crippen molar-refractivity contribution in [3.63, 3.8) is 0 Å². The molecule has 2 aliphatic heterocycles. The standard InChI is InChI=1S/C17H27N3O/c1-19-14-6-7-15(19)12-20(11-8-14)16(21)17(13-18)9-4-2-3-5-10-17/h14-15H,2-12H2,1H3. The number of hydrogen-bond donors (Lipinski definition) is 0. The second-order valence-electron chi connectivity index (χ2n) is 7.20. The van der Waals surface area contributed by atoms with Crippen LogP contribution in [-0.4, -0.2) is 47.9 Å². The van der Waals surface area contributed by atoms with E-state index in [4.69, 9.17) is 0 Å². The molecule has 116 valence electrons. The molecule has 3 aliphatic rings. The Balaban J connectivity index is 1.76. The zero-order valence-corrected chi connectivity index (χ0v) is 13.2. The topological polar surface area (TPSA) is 47.3 Å². The molecule has 1 saturated carbocycles. The molecule has 0 aromatic heterocycles. The first-order chi connectivity index (χ1) is 10.2. The van der Waals surface area contributed by atoms with E-state index in [-0.39, 0.29) is 5.91 Å². The molecule has 21 heavy (non-hydrogen) atoms. The summed E-state index contributed by atoms with van der Waals surface area (Å²) in [4.78, 5) is 17.6. The van der Waals surface area contributed by atoms with Crippen LogP contribution in [0.25, 0.3) is 0 Å². The van der Waals surface area contributed by atoms with Gasteiger partial charge in [-0.15, -0.1) is 0 Å². The van der Waals surface area contributed by atoms with Gasteiger partial charge in [0.25, 0.3) is 0 Å². The maximum Gasteiger partial charge on any atom is 0.243 e. The van der Waals surface area contributed by atoms with Crippen molar-refractivity contribution in [2.24, 2.45) is 5.41 Å². The fourth-order valence-corrected chi connectivity index (χ4v) is 4.50. The summed E-state index contributed by atoms with van der Waals surface area (Å²) >= 11 is 0. The van der Waals surface area contributed by atoms with Gasteiger partial charge >= 0.3 is 0 Å². The van der Waals surface area contributed by atoms with Gasteiger partial charge in [-0.05, 0) is 39.2 Å². The Morgan fingerprint density at radius 3 is 2.43 bits per heavy atom. The van der Waals surface area contributed by atoms with Crippen LogP contribution in [0.5, 0.6) is 0 Å². The molecule has 2 atom stereocenters. The minimum Gasteiger partial charge on any atom is -0.340 e. The first kappa shape index (κ1) is 14.8. The lowest BCUT2D eigenvalue weighted by molar-refractivity contribution is -0.140. The van der Waals surface area contributed by atoms with Crippen LogP contribution in [0.15, 0.2) is 0 Å². The fourth-order valence-electron chi connectivity index (χ4n) is 4.50. The third-order valence-electron chi connectivity index (χ3n) is 6.02. The van der Waals surface area contributed by atoms with Crippen molar-refractivity contribution >= 4 is 5.91 Å². The van der Waals surface area contributed by atoms with E-state index in [1.54, 1.807) is 0 Å². The van der Waals surface area contributed by atoms with Gasteiger partial charge in [-0.1, -0.05) is 25.7 Å². The van der Waals surface area contributed by atoms with Crippen LogP contribution in [0.3, 0.4) is 0 Å². The molecule has 2 unspecified atom stereocenters. The Kier molecular flexibility index (Phi) is 4.21. The summed E-state index contributed by atoms with van der Waals surface area (Å²) in [5, 5.41) is 9.71. The van der Waals surface area contributed by atoms with Crippen molar-refractivity contribution in [2.45, 2.75) is 69.9 Å². The maximum absolute atomic E-state index is 13.1. The molecule has 4 heteroatoms. The minimum atomic E-state index is -0.724. The summed E-state index contributed by atoms with van der Waals surface area (Å²) in [6.45, 7) is 1.67. The molecule has 2 bridgehead atoms. The predicted molar refractivity (Wildman–Crippen MR) is 81.5 cm³/mol. The van der Waals surface area contributed by atoms with Crippen molar-refractivity contribution in [2.75, 3.05) is 20.1 Å². The number of nitrogens with zero attached hydrogens (tertiary/aromatic N) is 3. The molecule has 0 N–H and O–H groups in total. The van der Waals surface area contributed by atoms with E-state index in [1.807, 2.05) is 4.90 Å². The Labute approximate surface area is 128 Å². The Bertz CT molecular complexity index is 434. The van der Waals surface area contributed by atoms with Crippen LogP contribution in [-0.2, 0) is 4.79 Å². The number of carbonyl (C=O) groups excluding carboxylic acids is 1. The number of fused-ring (bicyclic) bond motifs is 2. The molecule has 2 heterocycles. The third-order valence-corrected chi connectivity index (χ3v) is 6.02. The number of carbonyl (C=O) groups is 1. The number of likely N-dealkylation sites (N-methyl/N-ethyl adjacent to an activating group) is 1. The van der Waals surface area contributed by atoms with Crippen molar-refractivity contribution in [1.29, 1.82) is 5.26 Å². The van der Waals surface area contributed by atoms with Crippen molar-refractivity contribution in [1.82, 2.24) is 9.80 Å². The number of amides is 1. The molecule has 0 aromatic rings. The van der Waals surface area contributed by atoms with E-state index in [9.17, 15) is 10.1 Å². The molecule has 0 spiro atoms. The van der Waals surface area contributed by atoms with Crippen LogP contribution >= 0.6 is 0 Å². The van der Waals surface area contributed by atoms with Gasteiger partial charge in [-0.3, -0.25) is 9.69 Å². The van der Waals surface area contributed by atoms with Crippen LogP contribution in [0.2, 0.25) is 0 Å². The lowest BCUT2D eigenvalue weighted by atomic mass is 9.80. The van der Waals surface area contributed by atoms with E-state index in [2.05, 4.69) is 18.0 Å². The van der Waals surface area contributed by atoms with Crippen molar-refractivity contribution < 1.29 is 4.79 Å². The third kappa shape index (κ3) is 2.68. The lowest BCUT2D eigenvalue weighted by Crippen LogP contribution is -2.47. The Morgan fingerprint density at radius 1 is 1.10 bits per heavy atom. The van der Waals surface area contributed by atoms with E-state index in [0.717, 1.165) is 45.2 Å². The van der Waals surface area contributed by atoms with Gasteiger partial charge < -0.3 is 4.90 Å². The second-order valence-corrected chi connectivity index (χ2v) is 7.20. The summed E-state index contributed by atoms with van der Waals surface area (Å²) in [5.41, 5.74) is -0.724. The summed E-state index contributed by atoms with van der Waals surface area (Å²) in [6, 6.07) is 3.57. The summed E-state index contributed by atoms with van der Waals surface area (Å²) < 4.78 is 0. The highest BCUT2D eigenvalue weighted by Crippen LogP contribution is 2.38. The van der Waals surface area contributed by atoms with Gasteiger partial charge in [0, 0.05) is 25.2 Å². The fraction of sp³-hybridized carbons (Fsp3) is 0.882. The maximum atomic E-state index is 13.1. The molecule has 1 aliphatic carbocycles. The largest absolute Gasteiger partial charge is 0.340 e. The highest BCUT2D eigenvalue weighted by atomic mass is 16.2. The van der Waals surface area contributed by atoms with Gasteiger partial charge in [0.2, 0.25) is 5.91 Å². The zero-order valence-electron chi connectivity index (χ0n) is 13.2. The van der Waals surface area contributed by atoms with Crippen LogP contribution in [0.4, 0.5) is 0 Å². The molecule has 2 saturated heterocycles. The van der Waals surface area contributed by atoms with Gasteiger partial charge in [0.15, 0.2) is 0 Å². The average molecular weight is 289 g/mol. The average Bonchev–Trinajstić information content (AvgIpc) is 2.67. The second kappa shape index (κ2) is 5.96. The molecular weight excluding hydrogens is 262 g/mol. The molecule has 4 nitrogen and oxygen atoms in total. The lowest BCUT2D eigenvalue weighted by Gasteiger charge is -2.33. The highest BCUT2D eigenvalue weighted by molar-refractivity contribution is 5.85. The normalized spacial score (nSPS) is 33.0. The van der Waals surface area contributed by atoms with Crippen LogP contribution in [0, 0.1) is 16.7 Å². The monoisotopic (exact) mass is 289 g/mol. The molecule has 1 amide bonds. The number of hydrogen-bond acceptors (Lipinski definition) is 3. The number of rotatable bonds is 1. The van der Waals surface area contributed by atoms with E-state index in [0.29, 0.717) is 12.1 Å².